The lowest BCUT2D eigenvalue weighted by atomic mass is 10.1. The Hall–Kier alpha value is -2.47. The number of para-hydroxylation sites is 1. The molecule has 2 aromatic carbocycles. The second-order valence-corrected chi connectivity index (χ2v) is 6.17. The quantitative estimate of drug-likeness (QED) is 0.235. The average Bonchev–Trinajstić information content (AvgIpc) is 2.98. The van der Waals surface area contributed by atoms with E-state index in [2.05, 4.69) is 40.7 Å². The SMILES string of the molecule is C=C/C=C\C(=C)C(I)=NC(=N)c1cccc2oc3ccccc3c12. The van der Waals surface area contributed by atoms with Gasteiger partial charge in [0, 0.05) is 16.3 Å². The van der Waals surface area contributed by atoms with E-state index >= 15 is 0 Å². The highest BCUT2D eigenvalue weighted by molar-refractivity contribution is 14.1. The summed E-state index contributed by atoms with van der Waals surface area (Å²) in [4.78, 5) is 4.40. The number of amidine groups is 1. The molecule has 0 fully saturated rings. The van der Waals surface area contributed by atoms with E-state index in [1.165, 1.54) is 0 Å². The largest absolute Gasteiger partial charge is 0.456 e. The van der Waals surface area contributed by atoms with Crippen molar-refractivity contribution in [2.45, 2.75) is 0 Å². The lowest BCUT2D eigenvalue weighted by Crippen LogP contribution is -2.00. The standard InChI is InChI=1S/C20H15IN2O/c1-3-4-8-13(2)19(21)23-20(22)15-10-7-12-17-18(15)14-9-5-6-11-16(14)24-17/h3-12,22H,1-2H2/b8-4-,22-20?,23-19?. The summed E-state index contributed by atoms with van der Waals surface area (Å²) in [6.07, 6.45) is 5.29. The van der Waals surface area contributed by atoms with Crippen LogP contribution in [0.25, 0.3) is 21.9 Å². The zero-order chi connectivity index (χ0) is 17.1. The number of hydrogen-bond acceptors (Lipinski definition) is 2. The minimum Gasteiger partial charge on any atom is -0.456 e. The van der Waals surface area contributed by atoms with E-state index in [1.54, 1.807) is 12.2 Å². The molecule has 1 heterocycles. The molecule has 0 aliphatic rings. The Morgan fingerprint density at radius 2 is 1.88 bits per heavy atom. The summed E-state index contributed by atoms with van der Waals surface area (Å²) in [7, 11) is 0. The first-order valence-corrected chi connectivity index (χ1v) is 8.41. The van der Waals surface area contributed by atoms with E-state index in [9.17, 15) is 0 Å². The zero-order valence-electron chi connectivity index (χ0n) is 12.9. The van der Waals surface area contributed by atoms with E-state index in [0.29, 0.717) is 3.72 Å². The van der Waals surface area contributed by atoms with Gasteiger partial charge in [-0.3, -0.25) is 5.41 Å². The lowest BCUT2D eigenvalue weighted by Gasteiger charge is -2.03. The van der Waals surface area contributed by atoms with Gasteiger partial charge in [0.15, 0.2) is 5.84 Å². The van der Waals surface area contributed by atoms with Gasteiger partial charge in [0.1, 0.15) is 14.9 Å². The molecule has 3 nitrogen and oxygen atoms in total. The van der Waals surface area contributed by atoms with Crippen molar-refractivity contribution in [2.75, 3.05) is 0 Å². The monoisotopic (exact) mass is 426 g/mol. The van der Waals surface area contributed by atoms with Gasteiger partial charge in [-0.25, -0.2) is 4.99 Å². The highest BCUT2D eigenvalue weighted by Crippen LogP contribution is 2.31. The minimum atomic E-state index is 0.185. The highest BCUT2D eigenvalue weighted by atomic mass is 127. The number of allylic oxidation sites excluding steroid dienone is 4. The van der Waals surface area contributed by atoms with Gasteiger partial charge in [0.25, 0.3) is 0 Å². The Bertz CT molecular complexity index is 1020. The van der Waals surface area contributed by atoms with Crippen LogP contribution in [0.1, 0.15) is 5.56 Å². The molecule has 0 atom stereocenters. The Morgan fingerprint density at radius 1 is 1.12 bits per heavy atom. The summed E-state index contributed by atoms with van der Waals surface area (Å²) in [5, 5.41) is 10.3. The molecule has 0 unspecified atom stereocenters. The van der Waals surface area contributed by atoms with E-state index < -0.39 is 0 Å². The van der Waals surface area contributed by atoms with Crippen LogP contribution in [-0.2, 0) is 0 Å². The van der Waals surface area contributed by atoms with Gasteiger partial charge < -0.3 is 4.42 Å². The first-order valence-electron chi connectivity index (χ1n) is 7.33. The van der Waals surface area contributed by atoms with Gasteiger partial charge in [-0.1, -0.05) is 61.7 Å². The van der Waals surface area contributed by atoms with Crippen LogP contribution in [0, 0.1) is 5.41 Å². The van der Waals surface area contributed by atoms with Crippen LogP contribution < -0.4 is 0 Å². The fraction of sp³-hybridized carbons (Fsp3) is 0. The molecule has 0 aliphatic heterocycles. The number of nitrogens with one attached hydrogen (secondary N) is 1. The maximum Gasteiger partial charge on any atom is 0.153 e. The van der Waals surface area contributed by atoms with Gasteiger partial charge >= 0.3 is 0 Å². The van der Waals surface area contributed by atoms with Gasteiger partial charge in [-0.15, -0.1) is 0 Å². The van der Waals surface area contributed by atoms with Crippen molar-refractivity contribution in [3.05, 3.63) is 85.0 Å². The molecule has 118 valence electrons. The first kappa shape index (κ1) is 16.4. The normalized spacial score (nSPS) is 12.1. The van der Waals surface area contributed by atoms with Crippen LogP contribution in [0.15, 0.2) is 88.8 Å². The first-order chi connectivity index (χ1) is 11.6. The molecule has 0 spiro atoms. The van der Waals surface area contributed by atoms with Crippen molar-refractivity contribution in [3.8, 4) is 0 Å². The number of hydrogen-bond donors (Lipinski definition) is 1. The predicted molar refractivity (Wildman–Crippen MR) is 110 cm³/mol. The summed E-state index contributed by atoms with van der Waals surface area (Å²) in [6, 6.07) is 13.5. The van der Waals surface area contributed by atoms with Gasteiger partial charge in [-0.05, 0) is 40.3 Å². The van der Waals surface area contributed by atoms with Crippen molar-refractivity contribution in [2.24, 2.45) is 4.99 Å². The molecule has 0 radical (unpaired) electrons. The highest BCUT2D eigenvalue weighted by Gasteiger charge is 2.13. The number of halogens is 1. The fourth-order valence-electron chi connectivity index (χ4n) is 2.46. The molecule has 0 saturated heterocycles. The Kier molecular flexibility index (Phi) is 4.76. The lowest BCUT2D eigenvalue weighted by molar-refractivity contribution is 0.669. The van der Waals surface area contributed by atoms with Gasteiger partial charge in [-0.2, -0.15) is 0 Å². The van der Waals surface area contributed by atoms with Crippen LogP contribution in [0.2, 0.25) is 0 Å². The van der Waals surface area contributed by atoms with E-state index in [-0.39, 0.29) is 5.84 Å². The van der Waals surface area contributed by atoms with E-state index in [0.717, 1.165) is 33.1 Å². The summed E-state index contributed by atoms with van der Waals surface area (Å²) in [6.45, 7) is 7.59. The maximum atomic E-state index is 8.41. The third-order valence-electron chi connectivity index (χ3n) is 3.57. The van der Waals surface area contributed by atoms with Crippen molar-refractivity contribution < 1.29 is 4.42 Å². The average molecular weight is 426 g/mol. The van der Waals surface area contributed by atoms with Crippen LogP contribution in [0.4, 0.5) is 0 Å². The molecular formula is C20H15IN2O. The molecule has 0 aliphatic carbocycles. The van der Waals surface area contributed by atoms with Crippen molar-refractivity contribution in [1.82, 2.24) is 0 Å². The molecule has 1 aromatic heterocycles. The summed E-state index contributed by atoms with van der Waals surface area (Å²) in [5.74, 6) is 0.185. The van der Waals surface area contributed by atoms with E-state index in [1.807, 2.05) is 48.5 Å². The Morgan fingerprint density at radius 3 is 2.67 bits per heavy atom. The Labute approximate surface area is 153 Å². The molecule has 24 heavy (non-hydrogen) atoms. The number of nitrogens with zero attached hydrogens (tertiary/aromatic N) is 1. The number of furan rings is 1. The van der Waals surface area contributed by atoms with E-state index in [4.69, 9.17) is 9.83 Å². The third-order valence-corrected chi connectivity index (χ3v) is 4.50. The van der Waals surface area contributed by atoms with Gasteiger partial charge in [0.2, 0.25) is 0 Å². The smallest absolute Gasteiger partial charge is 0.153 e. The van der Waals surface area contributed by atoms with Gasteiger partial charge in [0.05, 0.1) is 0 Å². The van der Waals surface area contributed by atoms with Crippen LogP contribution in [0.3, 0.4) is 0 Å². The van der Waals surface area contributed by atoms with Crippen LogP contribution in [-0.4, -0.2) is 9.55 Å². The van der Waals surface area contributed by atoms with Crippen molar-refractivity contribution in [3.63, 3.8) is 0 Å². The number of fused-ring (bicyclic) bond motifs is 3. The number of rotatable bonds is 4. The molecule has 1 N–H and O–H groups in total. The fourth-order valence-corrected chi connectivity index (χ4v) is 2.88. The topological polar surface area (TPSA) is 49.4 Å². The Balaban J connectivity index is 2.09. The summed E-state index contributed by atoms with van der Waals surface area (Å²) >= 11 is 2.09. The molecule has 0 saturated carbocycles. The summed E-state index contributed by atoms with van der Waals surface area (Å²) in [5.41, 5.74) is 3.05. The van der Waals surface area contributed by atoms with Crippen LogP contribution >= 0.6 is 22.6 Å². The maximum absolute atomic E-state index is 8.41. The predicted octanol–water partition coefficient (Wildman–Crippen LogP) is 6.04. The molecule has 3 aromatic rings. The molecule has 4 heteroatoms. The third kappa shape index (κ3) is 3.10. The zero-order valence-corrected chi connectivity index (χ0v) is 15.1. The molecular weight excluding hydrogens is 411 g/mol. The van der Waals surface area contributed by atoms with Crippen molar-refractivity contribution >= 4 is 54.1 Å². The van der Waals surface area contributed by atoms with Crippen LogP contribution in [0.5, 0.6) is 0 Å². The van der Waals surface area contributed by atoms with Crippen molar-refractivity contribution in [1.29, 1.82) is 5.41 Å². The minimum absolute atomic E-state index is 0.185. The second-order valence-electron chi connectivity index (χ2n) is 5.15. The molecule has 0 bridgehead atoms. The second kappa shape index (κ2) is 6.97. The number of aliphatic imine (C=N–C) groups is 1. The number of benzene rings is 2. The molecule has 0 amide bonds. The molecule has 3 rings (SSSR count). The summed E-state index contributed by atoms with van der Waals surface area (Å²) < 4.78 is 6.53.